The van der Waals surface area contributed by atoms with Gasteiger partial charge in [-0.15, -0.1) is 11.3 Å². The highest BCUT2D eigenvalue weighted by molar-refractivity contribution is 9.10. The first-order chi connectivity index (χ1) is 9.51. The Morgan fingerprint density at radius 2 is 2.00 bits per heavy atom. The van der Waals surface area contributed by atoms with Crippen molar-refractivity contribution in [3.8, 4) is 5.75 Å². The molecule has 0 saturated carbocycles. The number of halogens is 1. The Hall–Kier alpha value is -0.840. The monoisotopic (exact) mass is 353 g/mol. The van der Waals surface area contributed by atoms with Crippen LogP contribution in [0.2, 0.25) is 0 Å². The number of nitrogens with two attached hydrogens (primary N) is 1. The molecule has 0 aliphatic carbocycles. The predicted molar refractivity (Wildman–Crippen MR) is 89.6 cm³/mol. The maximum absolute atomic E-state index is 6.24. The first-order valence-electron chi connectivity index (χ1n) is 6.74. The molecule has 108 valence electrons. The zero-order chi connectivity index (χ0) is 14.7. The van der Waals surface area contributed by atoms with Gasteiger partial charge in [0.05, 0.1) is 0 Å². The van der Waals surface area contributed by atoms with Crippen LogP contribution in [0.25, 0.3) is 0 Å². The summed E-state index contributed by atoms with van der Waals surface area (Å²) in [6.07, 6.45) is 0.781. The smallest absolute Gasteiger partial charge is 0.148 e. The molecule has 1 heterocycles. The zero-order valence-corrected chi connectivity index (χ0v) is 14.4. The third-order valence-corrected chi connectivity index (χ3v) is 5.22. The lowest BCUT2D eigenvalue weighted by Gasteiger charge is -2.23. The standard InChI is InChI=1S/C16H20BrNOS/c1-4-14(18)16(15-8-12(17)9-20-15)19-13-6-5-10(2)11(3)7-13/h5-9,14,16H,4,18H2,1-3H3. The van der Waals surface area contributed by atoms with Crippen LogP contribution < -0.4 is 10.5 Å². The molecule has 2 rings (SSSR count). The molecule has 1 aromatic heterocycles. The van der Waals surface area contributed by atoms with Gasteiger partial charge in [-0.2, -0.15) is 0 Å². The van der Waals surface area contributed by atoms with E-state index in [1.807, 2.05) is 6.07 Å². The van der Waals surface area contributed by atoms with Crippen molar-refractivity contribution in [2.24, 2.45) is 5.73 Å². The molecule has 0 fully saturated rings. The van der Waals surface area contributed by atoms with Crippen molar-refractivity contribution >= 4 is 27.3 Å². The van der Waals surface area contributed by atoms with Gasteiger partial charge in [-0.3, -0.25) is 0 Å². The average Bonchev–Trinajstić information content (AvgIpc) is 2.85. The summed E-state index contributed by atoms with van der Waals surface area (Å²) < 4.78 is 7.25. The molecule has 2 atom stereocenters. The molecule has 0 bridgehead atoms. The van der Waals surface area contributed by atoms with Gasteiger partial charge in [0.15, 0.2) is 0 Å². The van der Waals surface area contributed by atoms with Crippen LogP contribution in [0, 0.1) is 13.8 Å². The predicted octanol–water partition coefficient (Wildman–Crippen LogP) is 4.98. The number of hydrogen-bond acceptors (Lipinski definition) is 3. The van der Waals surface area contributed by atoms with Crippen LogP contribution in [0.3, 0.4) is 0 Å². The van der Waals surface area contributed by atoms with Crippen molar-refractivity contribution in [3.63, 3.8) is 0 Å². The van der Waals surface area contributed by atoms with Crippen LogP contribution in [-0.2, 0) is 0 Å². The van der Waals surface area contributed by atoms with E-state index in [0.29, 0.717) is 0 Å². The van der Waals surface area contributed by atoms with Crippen molar-refractivity contribution < 1.29 is 4.74 Å². The van der Waals surface area contributed by atoms with E-state index in [1.165, 1.54) is 11.1 Å². The molecule has 0 spiro atoms. The molecule has 2 aromatic rings. The highest BCUT2D eigenvalue weighted by Gasteiger charge is 2.22. The Labute approximate surface area is 133 Å². The summed E-state index contributed by atoms with van der Waals surface area (Å²) >= 11 is 5.17. The summed E-state index contributed by atoms with van der Waals surface area (Å²) in [6, 6.07) is 8.26. The van der Waals surface area contributed by atoms with E-state index in [2.05, 4.69) is 60.3 Å². The van der Waals surface area contributed by atoms with E-state index < -0.39 is 0 Å². The van der Waals surface area contributed by atoms with Gasteiger partial charge in [-0.1, -0.05) is 13.0 Å². The van der Waals surface area contributed by atoms with E-state index in [1.54, 1.807) is 11.3 Å². The molecular weight excluding hydrogens is 334 g/mol. The largest absolute Gasteiger partial charge is 0.483 e. The summed E-state index contributed by atoms with van der Waals surface area (Å²) in [5, 5.41) is 2.06. The van der Waals surface area contributed by atoms with E-state index in [4.69, 9.17) is 10.5 Å². The highest BCUT2D eigenvalue weighted by atomic mass is 79.9. The molecule has 0 saturated heterocycles. The lowest BCUT2D eigenvalue weighted by molar-refractivity contribution is 0.174. The van der Waals surface area contributed by atoms with Crippen LogP contribution in [0.1, 0.15) is 35.5 Å². The first kappa shape index (κ1) is 15.5. The Bertz CT molecular complexity index is 582. The van der Waals surface area contributed by atoms with Gasteiger partial charge in [0.25, 0.3) is 0 Å². The first-order valence-corrected chi connectivity index (χ1v) is 8.42. The quantitative estimate of drug-likeness (QED) is 0.821. The highest BCUT2D eigenvalue weighted by Crippen LogP contribution is 2.32. The van der Waals surface area contributed by atoms with E-state index in [0.717, 1.165) is 21.5 Å². The number of hydrogen-bond donors (Lipinski definition) is 1. The fraction of sp³-hybridized carbons (Fsp3) is 0.375. The summed E-state index contributed by atoms with van der Waals surface area (Å²) in [5.41, 5.74) is 8.75. The molecule has 2 unspecified atom stereocenters. The molecule has 0 aliphatic heterocycles. The molecule has 0 amide bonds. The summed E-state index contributed by atoms with van der Waals surface area (Å²) in [5.74, 6) is 0.881. The van der Waals surface area contributed by atoms with Gasteiger partial charge < -0.3 is 10.5 Å². The van der Waals surface area contributed by atoms with Crippen molar-refractivity contribution in [3.05, 3.63) is 50.1 Å². The molecule has 0 radical (unpaired) electrons. The SMILES string of the molecule is CCC(N)C(Oc1ccc(C)c(C)c1)c1cc(Br)cs1. The minimum atomic E-state index is -0.0987. The minimum Gasteiger partial charge on any atom is -0.483 e. The number of benzene rings is 1. The Kier molecular flexibility index (Phi) is 5.24. The second kappa shape index (κ2) is 6.74. The molecule has 0 aliphatic rings. The minimum absolute atomic E-state index is 0.0119. The molecular formula is C16H20BrNOS. The number of rotatable bonds is 5. The topological polar surface area (TPSA) is 35.2 Å². The Morgan fingerprint density at radius 3 is 2.55 bits per heavy atom. The Morgan fingerprint density at radius 1 is 1.25 bits per heavy atom. The van der Waals surface area contributed by atoms with Gasteiger partial charge in [0, 0.05) is 20.8 Å². The molecule has 20 heavy (non-hydrogen) atoms. The molecule has 2 nitrogen and oxygen atoms in total. The average molecular weight is 354 g/mol. The number of thiophene rings is 1. The van der Waals surface area contributed by atoms with Crippen molar-refractivity contribution in [1.29, 1.82) is 0 Å². The van der Waals surface area contributed by atoms with Gasteiger partial charge in [0.2, 0.25) is 0 Å². The number of aryl methyl sites for hydroxylation is 2. The van der Waals surface area contributed by atoms with Crippen molar-refractivity contribution in [2.45, 2.75) is 39.3 Å². The van der Waals surface area contributed by atoms with E-state index in [-0.39, 0.29) is 12.1 Å². The normalized spacial score (nSPS) is 14.1. The lowest BCUT2D eigenvalue weighted by atomic mass is 10.1. The second-order valence-corrected chi connectivity index (χ2v) is 6.88. The van der Waals surface area contributed by atoms with Crippen molar-refractivity contribution in [2.75, 3.05) is 0 Å². The summed E-state index contributed by atoms with van der Waals surface area (Å²) in [7, 11) is 0. The van der Waals surface area contributed by atoms with Gasteiger partial charge in [0.1, 0.15) is 11.9 Å². The third kappa shape index (κ3) is 3.62. The zero-order valence-electron chi connectivity index (χ0n) is 12.0. The molecule has 4 heteroatoms. The van der Waals surface area contributed by atoms with Crippen LogP contribution in [0.5, 0.6) is 5.75 Å². The molecule has 1 aromatic carbocycles. The van der Waals surface area contributed by atoms with E-state index in [9.17, 15) is 0 Å². The number of ether oxygens (including phenoxy) is 1. The lowest BCUT2D eigenvalue weighted by Crippen LogP contribution is -2.30. The third-order valence-electron chi connectivity index (χ3n) is 3.47. The maximum Gasteiger partial charge on any atom is 0.148 e. The fourth-order valence-corrected chi connectivity index (χ4v) is 3.53. The summed E-state index contributed by atoms with van der Waals surface area (Å²) in [4.78, 5) is 1.16. The van der Waals surface area contributed by atoms with Gasteiger partial charge in [-0.05, 0) is 65.5 Å². The summed E-state index contributed by atoms with van der Waals surface area (Å²) in [6.45, 7) is 6.29. The fourth-order valence-electron chi connectivity index (χ4n) is 1.98. The molecule has 2 N–H and O–H groups in total. The van der Waals surface area contributed by atoms with Crippen LogP contribution in [0.4, 0.5) is 0 Å². The van der Waals surface area contributed by atoms with Crippen molar-refractivity contribution in [1.82, 2.24) is 0 Å². The van der Waals surface area contributed by atoms with E-state index >= 15 is 0 Å². The van der Waals surface area contributed by atoms with Gasteiger partial charge >= 0.3 is 0 Å². The van der Waals surface area contributed by atoms with Crippen LogP contribution >= 0.6 is 27.3 Å². The van der Waals surface area contributed by atoms with Crippen LogP contribution in [0.15, 0.2) is 34.1 Å². The maximum atomic E-state index is 6.24. The van der Waals surface area contributed by atoms with Crippen LogP contribution in [-0.4, -0.2) is 6.04 Å². The Balaban J connectivity index is 2.25. The second-order valence-electron chi connectivity index (χ2n) is 5.02. The van der Waals surface area contributed by atoms with Gasteiger partial charge in [-0.25, -0.2) is 0 Å².